The summed E-state index contributed by atoms with van der Waals surface area (Å²) in [5.74, 6) is -1.65. The van der Waals surface area contributed by atoms with E-state index in [0.29, 0.717) is 11.7 Å². The van der Waals surface area contributed by atoms with Gasteiger partial charge in [-0.3, -0.25) is 14.5 Å². The van der Waals surface area contributed by atoms with E-state index in [1.807, 2.05) is 4.57 Å². The molecule has 1 aliphatic carbocycles. The molecule has 5 nitrogen and oxygen atoms in total. The zero-order chi connectivity index (χ0) is 14.6. The van der Waals surface area contributed by atoms with Gasteiger partial charge in [0.25, 0.3) is 11.7 Å². The Morgan fingerprint density at radius 3 is 2.86 bits per heavy atom. The molecule has 0 unspecified atom stereocenters. The quantitative estimate of drug-likeness (QED) is 0.811. The Balaban J connectivity index is 1.72. The van der Waals surface area contributed by atoms with Gasteiger partial charge in [0, 0.05) is 12.2 Å². The zero-order valence-corrected chi connectivity index (χ0v) is 11.1. The van der Waals surface area contributed by atoms with Crippen LogP contribution in [0.25, 0.3) is 0 Å². The van der Waals surface area contributed by atoms with Crippen LogP contribution in [-0.4, -0.2) is 21.2 Å². The molecule has 106 valence electrons. The van der Waals surface area contributed by atoms with Gasteiger partial charge in [-0.25, -0.2) is 9.37 Å². The lowest BCUT2D eigenvalue weighted by Gasteiger charge is -2.17. The predicted molar refractivity (Wildman–Crippen MR) is 72.4 cm³/mol. The van der Waals surface area contributed by atoms with E-state index >= 15 is 0 Å². The molecule has 1 fully saturated rings. The van der Waals surface area contributed by atoms with Crippen molar-refractivity contribution in [2.75, 3.05) is 4.90 Å². The maximum absolute atomic E-state index is 13.4. The van der Waals surface area contributed by atoms with Gasteiger partial charge in [-0.2, -0.15) is 0 Å². The maximum atomic E-state index is 13.4. The molecular formula is C15H12FN3O2. The first-order valence-electron chi connectivity index (χ1n) is 6.81. The molecule has 0 saturated heterocycles. The van der Waals surface area contributed by atoms with Crippen molar-refractivity contribution in [3.8, 4) is 0 Å². The van der Waals surface area contributed by atoms with Crippen LogP contribution in [0.15, 0.2) is 30.7 Å². The van der Waals surface area contributed by atoms with Gasteiger partial charge in [-0.1, -0.05) is 0 Å². The van der Waals surface area contributed by atoms with E-state index in [2.05, 4.69) is 4.98 Å². The summed E-state index contributed by atoms with van der Waals surface area (Å²) in [4.78, 5) is 29.5. The van der Waals surface area contributed by atoms with Crippen molar-refractivity contribution in [3.63, 3.8) is 0 Å². The highest BCUT2D eigenvalue weighted by molar-refractivity contribution is 6.52. The van der Waals surface area contributed by atoms with Gasteiger partial charge < -0.3 is 4.57 Å². The summed E-state index contributed by atoms with van der Waals surface area (Å²) in [6.07, 6.45) is 5.62. The van der Waals surface area contributed by atoms with E-state index < -0.39 is 17.5 Å². The van der Waals surface area contributed by atoms with Crippen LogP contribution in [0.4, 0.5) is 10.1 Å². The molecule has 0 atom stereocenters. The maximum Gasteiger partial charge on any atom is 0.299 e. The van der Waals surface area contributed by atoms with Crippen LogP contribution in [0.3, 0.4) is 0 Å². The molecule has 0 spiro atoms. The number of amides is 1. The minimum atomic E-state index is -0.612. The second kappa shape index (κ2) is 4.25. The van der Waals surface area contributed by atoms with Crippen LogP contribution in [0, 0.1) is 5.82 Å². The lowest BCUT2D eigenvalue weighted by Crippen LogP contribution is -2.30. The monoisotopic (exact) mass is 285 g/mol. The van der Waals surface area contributed by atoms with Gasteiger partial charge in [-0.15, -0.1) is 0 Å². The minimum absolute atomic E-state index is 0.234. The number of benzene rings is 1. The van der Waals surface area contributed by atoms with E-state index in [0.717, 1.165) is 18.5 Å². The summed E-state index contributed by atoms with van der Waals surface area (Å²) in [5.41, 5.74) is 1.46. The summed E-state index contributed by atoms with van der Waals surface area (Å²) in [6.45, 7) is 0.234. The Morgan fingerprint density at radius 1 is 1.29 bits per heavy atom. The van der Waals surface area contributed by atoms with E-state index in [1.165, 1.54) is 23.1 Å². The Morgan fingerprint density at radius 2 is 2.10 bits per heavy atom. The predicted octanol–water partition coefficient (Wildman–Crippen LogP) is 2.09. The summed E-state index contributed by atoms with van der Waals surface area (Å²) >= 11 is 0. The standard InChI is InChI=1S/C15H12FN3O2/c16-9-1-4-12-13(5-9)18(15(21)14(12)20)7-11-6-17-8-19(11)10-2-3-10/h1,4-6,8,10H,2-3,7H2. The van der Waals surface area contributed by atoms with Crippen molar-refractivity contribution in [1.29, 1.82) is 0 Å². The lowest BCUT2D eigenvalue weighted by molar-refractivity contribution is -0.114. The smallest absolute Gasteiger partial charge is 0.299 e. The van der Waals surface area contributed by atoms with Crippen molar-refractivity contribution in [2.24, 2.45) is 0 Å². The van der Waals surface area contributed by atoms with Crippen molar-refractivity contribution in [1.82, 2.24) is 9.55 Å². The molecule has 1 amide bonds. The number of aromatic nitrogens is 2. The molecule has 0 bridgehead atoms. The first-order chi connectivity index (χ1) is 10.1. The van der Waals surface area contributed by atoms with Crippen molar-refractivity contribution < 1.29 is 14.0 Å². The molecule has 21 heavy (non-hydrogen) atoms. The molecule has 1 aromatic carbocycles. The molecule has 1 saturated carbocycles. The topological polar surface area (TPSA) is 55.2 Å². The van der Waals surface area contributed by atoms with Gasteiger partial charge in [-0.05, 0) is 31.0 Å². The van der Waals surface area contributed by atoms with E-state index in [9.17, 15) is 14.0 Å². The average molecular weight is 285 g/mol. The molecule has 2 aliphatic rings. The molecule has 4 rings (SSSR count). The Bertz CT molecular complexity index is 764. The molecule has 2 aromatic rings. The molecule has 2 heterocycles. The molecular weight excluding hydrogens is 273 g/mol. The Kier molecular flexibility index (Phi) is 2.48. The minimum Gasteiger partial charge on any atom is -0.330 e. The number of halogens is 1. The fourth-order valence-corrected chi connectivity index (χ4v) is 2.72. The first kappa shape index (κ1) is 12.3. The molecule has 1 aromatic heterocycles. The van der Waals surface area contributed by atoms with Crippen molar-refractivity contribution >= 4 is 17.4 Å². The Hall–Kier alpha value is -2.50. The van der Waals surface area contributed by atoms with Crippen molar-refractivity contribution in [3.05, 3.63) is 47.8 Å². The van der Waals surface area contributed by atoms with Crippen LogP contribution in [0.1, 0.15) is 34.9 Å². The highest BCUT2D eigenvalue weighted by atomic mass is 19.1. The normalized spacial score (nSPS) is 17.5. The number of carbonyl (C=O) groups is 2. The number of ketones is 1. The highest BCUT2D eigenvalue weighted by Gasteiger charge is 2.37. The van der Waals surface area contributed by atoms with Crippen LogP contribution in [0.2, 0.25) is 0 Å². The Labute approximate surface area is 120 Å². The largest absolute Gasteiger partial charge is 0.330 e. The molecule has 0 radical (unpaired) electrons. The van der Waals surface area contributed by atoms with Gasteiger partial charge in [0.2, 0.25) is 0 Å². The van der Waals surface area contributed by atoms with Gasteiger partial charge >= 0.3 is 0 Å². The number of Topliss-reactive ketones (excluding diaryl/α,β-unsaturated/α-hetero) is 1. The number of hydrogen-bond donors (Lipinski definition) is 0. The second-order valence-corrected chi connectivity index (χ2v) is 5.41. The second-order valence-electron chi connectivity index (χ2n) is 5.41. The number of nitrogens with zero attached hydrogens (tertiary/aromatic N) is 3. The number of anilines is 1. The highest BCUT2D eigenvalue weighted by Crippen LogP contribution is 2.37. The summed E-state index contributed by atoms with van der Waals surface area (Å²) in [7, 11) is 0. The third-order valence-corrected chi connectivity index (χ3v) is 3.94. The van der Waals surface area contributed by atoms with Gasteiger partial charge in [0.1, 0.15) is 5.82 Å². The third kappa shape index (κ3) is 1.86. The fourth-order valence-electron chi connectivity index (χ4n) is 2.72. The SMILES string of the molecule is O=C1C(=O)N(Cc2cncn2C2CC2)c2cc(F)ccc21. The molecule has 6 heteroatoms. The molecule has 1 aliphatic heterocycles. The summed E-state index contributed by atoms with van der Waals surface area (Å²) in [6, 6.07) is 4.23. The van der Waals surface area contributed by atoms with E-state index in [1.54, 1.807) is 12.5 Å². The average Bonchev–Trinajstić information content (AvgIpc) is 3.17. The number of fused-ring (bicyclic) bond motifs is 1. The van der Waals surface area contributed by atoms with Crippen molar-refractivity contribution in [2.45, 2.75) is 25.4 Å². The number of imidazole rings is 1. The van der Waals surface area contributed by atoms with Gasteiger partial charge in [0.15, 0.2) is 0 Å². The zero-order valence-electron chi connectivity index (χ0n) is 11.1. The number of carbonyl (C=O) groups excluding carboxylic acids is 2. The van der Waals surface area contributed by atoms with Crippen LogP contribution >= 0.6 is 0 Å². The third-order valence-electron chi connectivity index (χ3n) is 3.94. The van der Waals surface area contributed by atoms with E-state index in [4.69, 9.17) is 0 Å². The van der Waals surface area contributed by atoms with Crippen LogP contribution < -0.4 is 4.90 Å². The summed E-state index contributed by atoms with van der Waals surface area (Å²) in [5, 5.41) is 0. The van der Waals surface area contributed by atoms with Crippen LogP contribution in [-0.2, 0) is 11.3 Å². The molecule has 0 N–H and O–H groups in total. The number of rotatable bonds is 3. The van der Waals surface area contributed by atoms with E-state index in [-0.39, 0.29) is 12.1 Å². The first-order valence-corrected chi connectivity index (χ1v) is 6.81. The number of hydrogen-bond acceptors (Lipinski definition) is 3. The fraction of sp³-hybridized carbons (Fsp3) is 0.267. The summed E-state index contributed by atoms with van der Waals surface area (Å²) < 4.78 is 15.4. The van der Waals surface area contributed by atoms with Crippen LogP contribution in [0.5, 0.6) is 0 Å². The van der Waals surface area contributed by atoms with Gasteiger partial charge in [0.05, 0.1) is 29.8 Å². The lowest BCUT2D eigenvalue weighted by atomic mass is 10.1.